The molecule has 0 bridgehead atoms. The third kappa shape index (κ3) is 2.61. The summed E-state index contributed by atoms with van der Waals surface area (Å²) in [5.74, 6) is 0. The number of aromatic nitrogens is 1. The number of nitrogen functional groups attached to an aromatic ring is 1. The van der Waals surface area contributed by atoms with Crippen molar-refractivity contribution >= 4 is 16.6 Å². The summed E-state index contributed by atoms with van der Waals surface area (Å²) < 4.78 is 2.21. The van der Waals surface area contributed by atoms with Gasteiger partial charge in [0.1, 0.15) is 0 Å². The molecule has 0 aliphatic carbocycles. The molecule has 0 saturated carbocycles. The van der Waals surface area contributed by atoms with Gasteiger partial charge in [0.05, 0.1) is 0 Å². The van der Waals surface area contributed by atoms with Crippen molar-refractivity contribution in [1.29, 1.82) is 0 Å². The van der Waals surface area contributed by atoms with Crippen molar-refractivity contribution in [3.8, 4) is 0 Å². The van der Waals surface area contributed by atoms with E-state index in [9.17, 15) is 0 Å². The first-order valence-electron chi connectivity index (χ1n) is 7.30. The van der Waals surface area contributed by atoms with Crippen LogP contribution in [0, 0.1) is 0 Å². The van der Waals surface area contributed by atoms with Crippen LogP contribution in [-0.4, -0.2) is 29.1 Å². The molecule has 1 aliphatic heterocycles. The van der Waals surface area contributed by atoms with Gasteiger partial charge in [-0.2, -0.15) is 0 Å². The van der Waals surface area contributed by atoms with Gasteiger partial charge < -0.3 is 15.2 Å². The van der Waals surface area contributed by atoms with E-state index in [0.29, 0.717) is 0 Å². The molecule has 1 fully saturated rings. The number of nitrogens with two attached hydrogens (primary N) is 1. The zero-order chi connectivity index (χ0) is 13.2. The number of fused-ring (bicyclic) bond motifs is 1. The molecule has 0 spiro atoms. The second kappa shape index (κ2) is 5.25. The van der Waals surface area contributed by atoms with Gasteiger partial charge in [0.25, 0.3) is 0 Å². The smallest absolute Gasteiger partial charge is 0.0482 e. The molecule has 3 rings (SSSR count). The van der Waals surface area contributed by atoms with E-state index >= 15 is 0 Å². The highest BCUT2D eigenvalue weighted by Gasteiger charge is 2.12. The summed E-state index contributed by atoms with van der Waals surface area (Å²) in [6, 6.07) is 6.21. The standard InChI is InChI=1S/C16H23N3/c1-18-12-13(7-10-19-8-3-2-4-9-19)15-11-14(17)5-6-16(15)18/h5-6,11-12H,2-4,7-10,17H2,1H3. The van der Waals surface area contributed by atoms with E-state index in [-0.39, 0.29) is 0 Å². The number of likely N-dealkylation sites (tertiary alicyclic amines) is 1. The quantitative estimate of drug-likeness (QED) is 0.858. The minimum absolute atomic E-state index is 0.859. The highest BCUT2D eigenvalue weighted by Crippen LogP contribution is 2.24. The van der Waals surface area contributed by atoms with Crippen LogP contribution in [-0.2, 0) is 13.5 Å². The fourth-order valence-electron chi connectivity index (χ4n) is 3.15. The molecule has 1 aromatic heterocycles. The monoisotopic (exact) mass is 257 g/mol. The van der Waals surface area contributed by atoms with E-state index in [4.69, 9.17) is 5.73 Å². The van der Waals surface area contributed by atoms with Crippen LogP contribution in [0.25, 0.3) is 10.9 Å². The number of nitrogens with zero attached hydrogens (tertiary/aromatic N) is 2. The average molecular weight is 257 g/mol. The maximum Gasteiger partial charge on any atom is 0.0482 e. The molecule has 3 heteroatoms. The van der Waals surface area contributed by atoms with Gasteiger partial charge in [-0.15, -0.1) is 0 Å². The normalized spacial score (nSPS) is 17.1. The molecule has 0 radical (unpaired) electrons. The molecule has 0 atom stereocenters. The Balaban J connectivity index is 1.78. The SMILES string of the molecule is Cn1cc(CCN2CCCCC2)c2cc(N)ccc21. The van der Waals surface area contributed by atoms with Crippen LogP contribution in [0.5, 0.6) is 0 Å². The Kier molecular flexibility index (Phi) is 3.47. The molecule has 2 heterocycles. The lowest BCUT2D eigenvalue weighted by Gasteiger charge is -2.26. The Bertz CT molecular complexity index is 565. The van der Waals surface area contributed by atoms with E-state index in [2.05, 4.69) is 34.8 Å². The van der Waals surface area contributed by atoms with Crippen LogP contribution in [0.3, 0.4) is 0 Å². The molecular weight excluding hydrogens is 234 g/mol. The van der Waals surface area contributed by atoms with Crippen LogP contribution in [0.1, 0.15) is 24.8 Å². The number of hydrogen-bond acceptors (Lipinski definition) is 2. The lowest BCUT2D eigenvalue weighted by molar-refractivity contribution is 0.231. The summed E-state index contributed by atoms with van der Waals surface area (Å²) in [5.41, 5.74) is 9.49. The van der Waals surface area contributed by atoms with Crippen LogP contribution < -0.4 is 5.73 Å². The Labute approximate surface area is 115 Å². The number of rotatable bonds is 3. The molecule has 2 N–H and O–H groups in total. The van der Waals surface area contributed by atoms with Crippen LogP contribution in [0.2, 0.25) is 0 Å². The Morgan fingerprint density at radius 3 is 2.74 bits per heavy atom. The van der Waals surface area contributed by atoms with Gasteiger partial charge in [0.15, 0.2) is 0 Å². The zero-order valence-corrected chi connectivity index (χ0v) is 11.7. The van der Waals surface area contributed by atoms with Gasteiger partial charge in [0.2, 0.25) is 0 Å². The predicted octanol–water partition coefficient (Wildman–Crippen LogP) is 2.79. The first-order valence-corrected chi connectivity index (χ1v) is 7.30. The molecule has 1 aliphatic rings. The van der Waals surface area contributed by atoms with Crippen LogP contribution in [0.4, 0.5) is 5.69 Å². The fraction of sp³-hybridized carbons (Fsp3) is 0.500. The van der Waals surface area contributed by atoms with Crippen LogP contribution in [0.15, 0.2) is 24.4 Å². The van der Waals surface area contributed by atoms with Crippen molar-refractivity contribution in [3.63, 3.8) is 0 Å². The summed E-state index contributed by atoms with van der Waals surface area (Å²) in [4.78, 5) is 2.59. The Morgan fingerprint density at radius 1 is 1.16 bits per heavy atom. The molecule has 2 aromatic rings. The first-order chi connectivity index (χ1) is 9.24. The van der Waals surface area contributed by atoms with Crippen molar-refractivity contribution in [3.05, 3.63) is 30.0 Å². The average Bonchev–Trinajstić information content (AvgIpc) is 2.74. The Hall–Kier alpha value is -1.48. The minimum atomic E-state index is 0.859. The maximum absolute atomic E-state index is 5.92. The summed E-state index contributed by atoms with van der Waals surface area (Å²) in [6.45, 7) is 3.72. The third-order valence-corrected chi connectivity index (χ3v) is 4.24. The number of hydrogen-bond donors (Lipinski definition) is 1. The van der Waals surface area contributed by atoms with Crippen molar-refractivity contribution in [2.24, 2.45) is 7.05 Å². The molecule has 1 saturated heterocycles. The Morgan fingerprint density at radius 2 is 1.95 bits per heavy atom. The van der Waals surface area contributed by atoms with Gasteiger partial charge in [0, 0.05) is 36.4 Å². The zero-order valence-electron chi connectivity index (χ0n) is 11.7. The molecule has 0 unspecified atom stereocenters. The number of aryl methyl sites for hydroxylation is 1. The maximum atomic E-state index is 5.92. The molecule has 1 aromatic carbocycles. The fourth-order valence-corrected chi connectivity index (χ4v) is 3.15. The second-order valence-electron chi connectivity index (χ2n) is 5.69. The molecule has 0 amide bonds. The largest absolute Gasteiger partial charge is 0.399 e. The second-order valence-corrected chi connectivity index (χ2v) is 5.69. The van der Waals surface area contributed by atoms with E-state index in [0.717, 1.165) is 12.1 Å². The van der Waals surface area contributed by atoms with Crippen molar-refractivity contribution in [1.82, 2.24) is 9.47 Å². The van der Waals surface area contributed by atoms with E-state index in [1.165, 1.54) is 55.4 Å². The predicted molar refractivity (Wildman–Crippen MR) is 81.3 cm³/mol. The highest BCUT2D eigenvalue weighted by atomic mass is 15.1. The van der Waals surface area contributed by atoms with E-state index < -0.39 is 0 Å². The number of piperidine rings is 1. The molecular formula is C16H23N3. The van der Waals surface area contributed by atoms with Gasteiger partial charge in [-0.1, -0.05) is 6.42 Å². The van der Waals surface area contributed by atoms with Crippen LogP contribution >= 0.6 is 0 Å². The highest BCUT2D eigenvalue weighted by molar-refractivity contribution is 5.86. The molecule has 3 nitrogen and oxygen atoms in total. The summed E-state index contributed by atoms with van der Waals surface area (Å²) >= 11 is 0. The summed E-state index contributed by atoms with van der Waals surface area (Å²) in [6.07, 6.45) is 7.51. The third-order valence-electron chi connectivity index (χ3n) is 4.24. The van der Waals surface area contributed by atoms with E-state index in [1.54, 1.807) is 0 Å². The van der Waals surface area contributed by atoms with Gasteiger partial charge >= 0.3 is 0 Å². The first kappa shape index (κ1) is 12.5. The lowest BCUT2D eigenvalue weighted by Crippen LogP contribution is -2.31. The van der Waals surface area contributed by atoms with Gasteiger partial charge in [-0.05, 0) is 56.1 Å². The summed E-state index contributed by atoms with van der Waals surface area (Å²) in [7, 11) is 2.11. The number of anilines is 1. The summed E-state index contributed by atoms with van der Waals surface area (Å²) in [5, 5.41) is 1.32. The van der Waals surface area contributed by atoms with E-state index in [1.807, 2.05) is 6.07 Å². The van der Waals surface area contributed by atoms with Gasteiger partial charge in [-0.3, -0.25) is 0 Å². The van der Waals surface area contributed by atoms with Gasteiger partial charge in [-0.25, -0.2) is 0 Å². The minimum Gasteiger partial charge on any atom is -0.399 e. The van der Waals surface area contributed by atoms with Crippen molar-refractivity contribution in [2.75, 3.05) is 25.4 Å². The lowest BCUT2D eigenvalue weighted by atomic mass is 10.1. The number of benzene rings is 1. The topological polar surface area (TPSA) is 34.2 Å². The van der Waals surface area contributed by atoms with Crippen molar-refractivity contribution in [2.45, 2.75) is 25.7 Å². The van der Waals surface area contributed by atoms with Crippen molar-refractivity contribution < 1.29 is 0 Å². The molecule has 19 heavy (non-hydrogen) atoms. The molecule has 102 valence electrons.